The number of rotatable bonds is 3. The fourth-order valence-corrected chi connectivity index (χ4v) is 3.95. The maximum atomic E-state index is 12.1. The highest BCUT2D eigenvalue weighted by Crippen LogP contribution is 2.29. The SMILES string of the molecule is Cc1cc(C)cc(-n2ccnc2S[C@H]2CCCCNC2=O)c1. The molecule has 0 aliphatic carbocycles. The molecule has 1 aliphatic heterocycles. The Morgan fingerprint density at radius 2 is 2.00 bits per heavy atom. The molecule has 3 rings (SSSR count). The Balaban J connectivity index is 1.87. The van der Waals surface area contributed by atoms with Crippen LogP contribution in [0.5, 0.6) is 0 Å². The summed E-state index contributed by atoms with van der Waals surface area (Å²) in [6, 6.07) is 6.45. The monoisotopic (exact) mass is 315 g/mol. The van der Waals surface area contributed by atoms with Crippen molar-refractivity contribution < 1.29 is 4.79 Å². The molecule has 0 spiro atoms. The van der Waals surface area contributed by atoms with Gasteiger partial charge in [0.05, 0.1) is 5.25 Å². The van der Waals surface area contributed by atoms with Crippen molar-refractivity contribution in [3.8, 4) is 5.69 Å². The second kappa shape index (κ2) is 6.57. The zero-order valence-electron chi connectivity index (χ0n) is 13.0. The van der Waals surface area contributed by atoms with Crippen LogP contribution in [0.4, 0.5) is 0 Å². The van der Waals surface area contributed by atoms with Gasteiger partial charge in [0.2, 0.25) is 5.91 Å². The van der Waals surface area contributed by atoms with Gasteiger partial charge in [-0.25, -0.2) is 4.98 Å². The van der Waals surface area contributed by atoms with E-state index < -0.39 is 0 Å². The largest absolute Gasteiger partial charge is 0.355 e. The lowest BCUT2D eigenvalue weighted by Gasteiger charge is -2.14. The molecular formula is C17H21N3OS. The zero-order valence-corrected chi connectivity index (χ0v) is 13.8. The van der Waals surface area contributed by atoms with Gasteiger partial charge < -0.3 is 5.32 Å². The lowest BCUT2D eigenvalue weighted by atomic mass is 10.1. The molecular weight excluding hydrogens is 294 g/mol. The van der Waals surface area contributed by atoms with Gasteiger partial charge in [-0.1, -0.05) is 24.2 Å². The Morgan fingerprint density at radius 3 is 2.77 bits per heavy atom. The van der Waals surface area contributed by atoms with Gasteiger partial charge in [0.1, 0.15) is 0 Å². The standard InChI is InChI=1S/C17H21N3OS/c1-12-9-13(2)11-14(10-12)20-8-7-19-17(20)22-15-5-3-4-6-18-16(15)21/h7-11,15H,3-6H2,1-2H3,(H,18,21)/t15-/m0/s1. The van der Waals surface area contributed by atoms with E-state index in [-0.39, 0.29) is 11.2 Å². The summed E-state index contributed by atoms with van der Waals surface area (Å²) in [5.74, 6) is 0.137. The third kappa shape index (κ3) is 3.35. The number of thioether (sulfide) groups is 1. The first-order chi connectivity index (χ1) is 10.6. The Kier molecular flexibility index (Phi) is 4.52. The van der Waals surface area contributed by atoms with Gasteiger partial charge in [-0.3, -0.25) is 9.36 Å². The van der Waals surface area contributed by atoms with Crippen LogP contribution < -0.4 is 5.32 Å². The molecule has 4 nitrogen and oxygen atoms in total. The topological polar surface area (TPSA) is 46.9 Å². The number of carbonyl (C=O) groups excluding carboxylic acids is 1. The van der Waals surface area contributed by atoms with E-state index in [4.69, 9.17) is 0 Å². The van der Waals surface area contributed by atoms with E-state index in [1.54, 1.807) is 18.0 Å². The summed E-state index contributed by atoms with van der Waals surface area (Å²) in [4.78, 5) is 16.6. The summed E-state index contributed by atoms with van der Waals surface area (Å²) in [5, 5.41) is 3.82. The minimum Gasteiger partial charge on any atom is -0.355 e. The number of benzene rings is 1. The van der Waals surface area contributed by atoms with Gasteiger partial charge in [0.15, 0.2) is 5.16 Å². The highest BCUT2D eigenvalue weighted by Gasteiger charge is 2.23. The molecule has 1 amide bonds. The molecule has 0 saturated carbocycles. The van der Waals surface area contributed by atoms with Gasteiger partial charge in [0.25, 0.3) is 0 Å². The van der Waals surface area contributed by atoms with E-state index >= 15 is 0 Å². The lowest BCUT2D eigenvalue weighted by Crippen LogP contribution is -2.30. The predicted molar refractivity (Wildman–Crippen MR) is 89.5 cm³/mol. The Hall–Kier alpha value is -1.75. The van der Waals surface area contributed by atoms with Crippen molar-refractivity contribution >= 4 is 17.7 Å². The van der Waals surface area contributed by atoms with E-state index in [1.165, 1.54) is 11.1 Å². The Labute approximate surface area is 135 Å². The molecule has 1 aromatic heterocycles. The number of imidazole rings is 1. The smallest absolute Gasteiger partial charge is 0.233 e. The molecule has 1 saturated heterocycles. The summed E-state index contributed by atoms with van der Waals surface area (Å²) in [7, 11) is 0. The fourth-order valence-electron chi connectivity index (χ4n) is 2.81. The van der Waals surface area contributed by atoms with E-state index in [0.29, 0.717) is 0 Å². The molecule has 1 aromatic carbocycles. The number of aromatic nitrogens is 2. The Morgan fingerprint density at radius 1 is 1.23 bits per heavy atom. The Bertz CT molecular complexity index is 660. The first-order valence-electron chi connectivity index (χ1n) is 7.70. The van der Waals surface area contributed by atoms with Crippen molar-refractivity contribution in [1.82, 2.24) is 14.9 Å². The number of carbonyl (C=O) groups is 1. The van der Waals surface area contributed by atoms with Gasteiger partial charge in [-0.2, -0.15) is 0 Å². The molecule has 0 radical (unpaired) electrons. The predicted octanol–water partition coefficient (Wildman–Crippen LogP) is 3.25. The highest BCUT2D eigenvalue weighted by atomic mass is 32.2. The van der Waals surface area contributed by atoms with Crippen LogP contribution in [0.1, 0.15) is 30.4 Å². The number of amides is 1. The molecule has 2 heterocycles. The summed E-state index contributed by atoms with van der Waals surface area (Å²) >= 11 is 1.57. The summed E-state index contributed by atoms with van der Waals surface area (Å²) < 4.78 is 2.07. The van der Waals surface area contributed by atoms with E-state index in [0.717, 1.165) is 36.7 Å². The first-order valence-corrected chi connectivity index (χ1v) is 8.58. The van der Waals surface area contributed by atoms with Crippen molar-refractivity contribution in [2.24, 2.45) is 0 Å². The minimum absolute atomic E-state index is 0.0467. The van der Waals surface area contributed by atoms with E-state index in [9.17, 15) is 4.79 Å². The lowest BCUT2D eigenvalue weighted by molar-refractivity contribution is -0.120. The number of nitrogens with zero attached hydrogens (tertiary/aromatic N) is 2. The molecule has 2 aromatic rings. The molecule has 1 fully saturated rings. The fraction of sp³-hybridized carbons (Fsp3) is 0.412. The second-order valence-electron chi connectivity index (χ2n) is 5.82. The maximum Gasteiger partial charge on any atom is 0.233 e. The van der Waals surface area contributed by atoms with Gasteiger partial charge in [-0.05, 0) is 49.9 Å². The van der Waals surface area contributed by atoms with Gasteiger partial charge >= 0.3 is 0 Å². The van der Waals surface area contributed by atoms with Crippen LogP contribution in [-0.4, -0.2) is 27.3 Å². The van der Waals surface area contributed by atoms with E-state index in [2.05, 4.69) is 46.9 Å². The van der Waals surface area contributed by atoms with Crippen molar-refractivity contribution in [3.05, 3.63) is 41.7 Å². The van der Waals surface area contributed by atoms with Crippen molar-refractivity contribution in [2.45, 2.75) is 43.5 Å². The number of hydrogen-bond acceptors (Lipinski definition) is 3. The average molecular weight is 315 g/mol. The molecule has 1 aliphatic rings. The first kappa shape index (κ1) is 15.2. The van der Waals surface area contributed by atoms with Crippen LogP contribution in [0.2, 0.25) is 0 Å². The van der Waals surface area contributed by atoms with Crippen molar-refractivity contribution in [2.75, 3.05) is 6.54 Å². The maximum absolute atomic E-state index is 12.1. The third-order valence-electron chi connectivity index (χ3n) is 3.82. The normalized spacial score (nSPS) is 18.8. The van der Waals surface area contributed by atoms with Crippen molar-refractivity contribution in [3.63, 3.8) is 0 Å². The summed E-state index contributed by atoms with van der Waals surface area (Å²) in [5.41, 5.74) is 3.56. The summed E-state index contributed by atoms with van der Waals surface area (Å²) in [6.07, 6.45) is 6.82. The third-order valence-corrected chi connectivity index (χ3v) is 5.07. The molecule has 22 heavy (non-hydrogen) atoms. The molecule has 1 atom stereocenters. The van der Waals surface area contributed by atoms with Crippen molar-refractivity contribution in [1.29, 1.82) is 0 Å². The number of aryl methyl sites for hydroxylation is 2. The molecule has 116 valence electrons. The van der Waals surface area contributed by atoms with Crippen LogP contribution >= 0.6 is 11.8 Å². The molecule has 1 N–H and O–H groups in total. The van der Waals surface area contributed by atoms with Gasteiger partial charge in [0, 0.05) is 24.6 Å². The molecule has 0 bridgehead atoms. The summed E-state index contributed by atoms with van der Waals surface area (Å²) in [6.45, 7) is 4.99. The van der Waals surface area contributed by atoms with Crippen LogP contribution in [-0.2, 0) is 4.79 Å². The molecule has 5 heteroatoms. The van der Waals surface area contributed by atoms with Gasteiger partial charge in [-0.15, -0.1) is 0 Å². The number of hydrogen-bond donors (Lipinski definition) is 1. The highest BCUT2D eigenvalue weighted by molar-refractivity contribution is 8.00. The van der Waals surface area contributed by atoms with Crippen LogP contribution in [0.25, 0.3) is 5.69 Å². The number of nitrogens with one attached hydrogen (secondary N) is 1. The zero-order chi connectivity index (χ0) is 15.5. The van der Waals surface area contributed by atoms with E-state index in [1.807, 2.05) is 6.20 Å². The van der Waals surface area contributed by atoms with Crippen LogP contribution in [0.15, 0.2) is 35.7 Å². The average Bonchev–Trinajstić information content (AvgIpc) is 2.83. The second-order valence-corrected chi connectivity index (χ2v) is 6.99. The molecule has 0 unspecified atom stereocenters. The quantitative estimate of drug-likeness (QED) is 0.946. The van der Waals surface area contributed by atoms with Crippen LogP contribution in [0.3, 0.4) is 0 Å². The minimum atomic E-state index is -0.0467. The van der Waals surface area contributed by atoms with Crippen LogP contribution in [0, 0.1) is 13.8 Å².